The number of aromatic amines is 1. The van der Waals surface area contributed by atoms with E-state index in [1.54, 1.807) is 24.3 Å². The van der Waals surface area contributed by atoms with Gasteiger partial charge < -0.3 is 15.6 Å². The van der Waals surface area contributed by atoms with Crippen molar-refractivity contribution in [3.05, 3.63) is 53.0 Å². The highest BCUT2D eigenvalue weighted by atomic mass is 16.2. The largest absolute Gasteiger partial charge is 0.352 e. The fourth-order valence-electron chi connectivity index (χ4n) is 2.79. The molecule has 0 unspecified atom stereocenters. The van der Waals surface area contributed by atoms with E-state index in [1.165, 1.54) is 6.33 Å². The van der Waals surface area contributed by atoms with Crippen LogP contribution < -0.4 is 10.6 Å². The van der Waals surface area contributed by atoms with Gasteiger partial charge in [-0.15, -0.1) is 0 Å². The van der Waals surface area contributed by atoms with Gasteiger partial charge in [0.05, 0.1) is 5.39 Å². The maximum atomic E-state index is 12.6. The molecular formula is C21H25N5O2. The highest BCUT2D eigenvalue weighted by Gasteiger charge is 2.16. The third kappa shape index (κ3) is 4.19. The highest BCUT2D eigenvalue weighted by Crippen LogP contribution is 2.25. The van der Waals surface area contributed by atoms with Crippen LogP contribution in [0.5, 0.6) is 0 Å². The number of fused-ring (bicyclic) bond motifs is 1. The lowest BCUT2D eigenvalue weighted by Crippen LogP contribution is -2.32. The summed E-state index contributed by atoms with van der Waals surface area (Å²) in [5.41, 5.74) is 3.64. The van der Waals surface area contributed by atoms with E-state index in [0.29, 0.717) is 29.1 Å². The minimum atomic E-state index is -0.292. The molecule has 0 aliphatic rings. The Bertz CT molecular complexity index is 1030. The van der Waals surface area contributed by atoms with Gasteiger partial charge in [-0.3, -0.25) is 9.59 Å². The van der Waals surface area contributed by atoms with Gasteiger partial charge in [0.25, 0.3) is 11.8 Å². The van der Waals surface area contributed by atoms with E-state index in [4.69, 9.17) is 0 Å². The molecule has 0 aliphatic carbocycles. The number of carbonyl (C=O) groups is 2. The van der Waals surface area contributed by atoms with Gasteiger partial charge in [-0.1, -0.05) is 20.8 Å². The molecule has 2 heterocycles. The van der Waals surface area contributed by atoms with Crippen LogP contribution in [0.15, 0.2) is 30.6 Å². The van der Waals surface area contributed by atoms with Gasteiger partial charge in [0.15, 0.2) is 0 Å². The zero-order valence-electron chi connectivity index (χ0n) is 16.8. The van der Waals surface area contributed by atoms with Crippen molar-refractivity contribution in [3.63, 3.8) is 0 Å². The van der Waals surface area contributed by atoms with E-state index in [-0.39, 0.29) is 17.2 Å². The number of carbonyl (C=O) groups excluding carboxylic acids is 2. The van der Waals surface area contributed by atoms with Crippen molar-refractivity contribution in [2.75, 3.05) is 11.9 Å². The normalized spacial score (nSPS) is 11.5. The number of anilines is 1. The average Bonchev–Trinajstić information content (AvgIpc) is 2.94. The van der Waals surface area contributed by atoms with Gasteiger partial charge in [-0.25, -0.2) is 9.97 Å². The molecular weight excluding hydrogens is 354 g/mol. The molecule has 0 saturated carbocycles. The summed E-state index contributed by atoms with van der Waals surface area (Å²) in [7, 11) is 0. The van der Waals surface area contributed by atoms with Crippen LogP contribution in [-0.4, -0.2) is 33.3 Å². The van der Waals surface area contributed by atoms with E-state index in [2.05, 4.69) is 46.4 Å². The first kappa shape index (κ1) is 19.5. The van der Waals surface area contributed by atoms with E-state index in [0.717, 1.165) is 16.6 Å². The van der Waals surface area contributed by atoms with Crippen LogP contribution in [0.2, 0.25) is 0 Å². The number of hydrogen-bond acceptors (Lipinski definition) is 4. The zero-order chi connectivity index (χ0) is 20.5. The Balaban J connectivity index is 1.75. The molecule has 3 aromatic rings. The predicted octanol–water partition coefficient (Wildman–Crippen LogP) is 3.60. The predicted molar refractivity (Wildman–Crippen MR) is 110 cm³/mol. The van der Waals surface area contributed by atoms with Gasteiger partial charge >= 0.3 is 0 Å². The number of nitrogens with zero attached hydrogens (tertiary/aromatic N) is 2. The summed E-state index contributed by atoms with van der Waals surface area (Å²) in [4.78, 5) is 36.4. The number of nitrogens with one attached hydrogen (secondary N) is 3. The first-order chi connectivity index (χ1) is 13.2. The summed E-state index contributed by atoms with van der Waals surface area (Å²) in [6.45, 7) is 10.6. The molecule has 0 spiro atoms. The third-order valence-corrected chi connectivity index (χ3v) is 4.51. The Morgan fingerprint density at radius 1 is 1.00 bits per heavy atom. The summed E-state index contributed by atoms with van der Waals surface area (Å²) in [6.07, 6.45) is 1.41. The Hall–Kier alpha value is -3.22. The lowest BCUT2D eigenvalue weighted by Gasteiger charge is -2.18. The molecule has 1 aromatic carbocycles. The molecule has 0 radical (unpaired) electrons. The van der Waals surface area contributed by atoms with E-state index >= 15 is 0 Å². The highest BCUT2D eigenvalue weighted by molar-refractivity contribution is 6.08. The van der Waals surface area contributed by atoms with Gasteiger partial charge in [0, 0.05) is 23.4 Å². The zero-order valence-corrected chi connectivity index (χ0v) is 16.8. The Morgan fingerprint density at radius 3 is 2.21 bits per heavy atom. The minimum absolute atomic E-state index is 0.00702. The molecule has 2 aromatic heterocycles. The van der Waals surface area contributed by atoms with Crippen LogP contribution in [0.1, 0.15) is 52.7 Å². The van der Waals surface area contributed by atoms with E-state index in [1.807, 2.05) is 13.8 Å². The number of hydrogen-bond donors (Lipinski definition) is 3. The maximum absolute atomic E-state index is 12.6. The molecule has 0 fully saturated rings. The Kier molecular flexibility index (Phi) is 5.18. The second kappa shape index (κ2) is 7.42. The number of aromatic nitrogens is 3. The lowest BCUT2D eigenvalue weighted by atomic mass is 9.97. The van der Waals surface area contributed by atoms with Gasteiger partial charge in [0.2, 0.25) is 0 Å². The summed E-state index contributed by atoms with van der Waals surface area (Å²) < 4.78 is 0. The number of H-pyrrole nitrogens is 1. The topological polar surface area (TPSA) is 99.8 Å². The lowest BCUT2D eigenvalue weighted by molar-refractivity contribution is 0.0938. The van der Waals surface area contributed by atoms with Crippen molar-refractivity contribution >= 4 is 28.7 Å². The van der Waals surface area contributed by atoms with Crippen LogP contribution in [0.4, 0.5) is 5.82 Å². The molecule has 0 bridgehead atoms. The Labute approximate surface area is 164 Å². The summed E-state index contributed by atoms with van der Waals surface area (Å²) >= 11 is 0. The van der Waals surface area contributed by atoms with Crippen LogP contribution in [-0.2, 0) is 0 Å². The number of amides is 2. The van der Waals surface area contributed by atoms with E-state index in [9.17, 15) is 9.59 Å². The SMILES string of the molecule is Cc1[nH]c2ncnc(NC(=O)c3ccc(C(=O)NCC(C)(C)C)cc3)c2c1C. The first-order valence-electron chi connectivity index (χ1n) is 9.15. The summed E-state index contributed by atoms with van der Waals surface area (Å²) in [5, 5.41) is 6.53. The monoisotopic (exact) mass is 379 g/mol. The van der Waals surface area contributed by atoms with Crippen molar-refractivity contribution in [1.82, 2.24) is 20.3 Å². The quantitative estimate of drug-likeness (QED) is 0.645. The summed E-state index contributed by atoms with van der Waals surface area (Å²) in [5.74, 6) is 0.0153. The molecule has 146 valence electrons. The van der Waals surface area contributed by atoms with Crippen molar-refractivity contribution in [2.45, 2.75) is 34.6 Å². The molecule has 0 atom stereocenters. The van der Waals surface area contributed by atoms with Crippen LogP contribution in [0.3, 0.4) is 0 Å². The van der Waals surface area contributed by atoms with Crippen LogP contribution >= 0.6 is 0 Å². The molecule has 0 saturated heterocycles. The van der Waals surface area contributed by atoms with Crippen molar-refractivity contribution in [1.29, 1.82) is 0 Å². The first-order valence-corrected chi connectivity index (χ1v) is 9.15. The molecule has 2 amide bonds. The molecule has 28 heavy (non-hydrogen) atoms. The molecule has 7 heteroatoms. The maximum Gasteiger partial charge on any atom is 0.256 e. The van der Waals surface area contributed by atoms with Crippen molar-refractivity contribution in [2.24, 2.45) is 5.41 Å². The second-order valence-corrected chi connectivity index (χ2v) is 8.10. The van der Waals surface area contributed by atoms with Crippen LogP contribution in [0, 0.1) is 19.3 Å². The van der Waals surface area contributed by atoms with Crippen molar-refractivity contribution in [3.8, 4) is 0 Å². The van der Waals surface area contributed by atoms with E-state index < -0.39 is 0 Å². The molecule has 3 N–H and O–H groups in total. The number of benzene rings is 1. The van der Waals surface area contributed by atoms with Gasteiger partial charge in [0.1, 0.15) is 17.8 Å². The smallest absolute Gasteiger partial charge is 0.256 e. The molecule has 3 rings (SSSR count). The second-order valence-electron chi connectivity index (χ2n) is 8.10. The summed E-state index contributed by atoms with van der Waals surface area (Å²) in [6, 6.07) is 6.56. The van der Waals surface area contributed by atoms with Gasteiger partial charge in [-0.2, -0.15) is 0 Å². The minimum Gasteiger partial charge on any atom is -0.352 e. The number of rotatable bonds is 4. The van der Waals surface area contributed by atoms with Crippen LogP contribution in [0.25, 0.3) is 11.0 Å². The molecule has 0 aliphatic heterocycles. The fraction of sp³-hybridized carbons (Fsp3) is 0.333. The Morgan fingerprint density at radius 2 is 1.61 bits per heavy atom. The van der Waals surface area contributed by atoms with Crippen molar-refractivity contribution < 1.29 is 9.59 Å². The average molecular weight is 379 g/mol. The number of aryl methyl sites for hydroxylation is 2. The fourth-order valence-corrected chi connectivity index (χ4v) is 2.79. The molecule has 7 nitrogen and oxygen atoms in total. The third-order valence-electron chi connectivity index (χ3n) is 4.51. The van der Waals surface area contributed by atoms with Gasteiger partial charge in [-0.05, 0) is 49.1 Å². The standard InChI is InChI=1S/C21H25N5O2/c1-12-13(2)25-17-16(12)18(24-11-23-17)26-20(28)15-8-6-14(7-9-15)19(27)22-10-21(3,4)5/h6-9,11H,10H2,1-5H3,(H,22,27)(H2,23,24,25,26,28).